The topological polar surface area (TPSA) is 53.7 Å². The highest BCUT2D eigenvalue weighted by molar-refractivity contribution is 9.10. The van der Waals surface area contributed by atoms with E-state index in [1.807, 2.05) is 29.2 Å². The van der Waals surface area contributed by atoms with Gasteiger partial charge in [0.1, 0.15) is 10.3 Å². The number of aromatic nitrogens is 3. The van der Waals surface area contributed by atoms with Gasteiger partial charge in [-0.05, 0) is 41.3 Å². The van der Waals surface area contributed by atoms with Crippen LogP contribution in [-0.2, 0) is 6.42 Å². The minimum Gasteiger partial charge on any atom is -0.270 e. The summed E-state index contributed by atoms with van der Waals surface area (Å²) in [6.45, 7) is 3.72. The Morgan fingerprint density at radius 2 is 2.05 bits per heavy atom. The smallest absolute Gasteiger partial charge is 0.270 e. The maximum Gasteiger partial charge on any atom is 0.286 e. The van der Waals surface area contributed by atoms with Crippen LogP contribution < -0.4 is 0 Å². The van der Waals surface area contributed by atoms with Crippen LogP contribution in [0.25, 0.3) is 5.65 Å². The molecule has 0 N–H and O–H groups in total. The molecule has 0 bridgehead atoms. The molecule has 118 valence electrons. The van der Waals surface area contributed by atoms with E-state index in [1.165, 1.54) is 0 Å². The predicted molar refractivity (Wildman–Crippen MR) is 87.6 cm³/mol. The molecule has 0 spiro atoms. The van der Waals surface area contributed by atoms with Crippen molar-refractivity contribution in [2.45, 2.75) is 32.6 Å². The number of rotatable bonds is 2. The molecule has 3 rings (SSSR count). The molecule has 0 atom stereocenters. The highest BCUT2D eigenvalue weighted by Crippen LogP contribution is 2.17. The lowest BCUT2D eigenvalue weighted by Gasteiger charge is -2.29. The molecular formula is C15H20BrN5O. The van der Waals surface area contributed by atoms with Crippen molar-refractivity contribution >= 4 is 27.5 Å². The number of halogens is 1. The first kappa shape index (κ1) is 15.4. The van der Waals surface area contributed by atoms with E-state index in [-0.39, 0.29) is 5.91 Å². The standard InChI is InChI=1S/C15H20BrN5O/c1-3-11-9-12(17-14-10-13(16)18-21(11)14)15(22)20-8-6-4-5-7-19(20)2/h9-10H,3-8H2,1-2H3. The van der Waals surface area contributed by atoms with Crippen molar-refractivity contribution in [3.63, 3.8) is 0 Å². The van der Waals surface area contributed by atoms with Crippen LogP contribution in [0.5, 0.6) is 0 Å². The van der Waals surface area contributed by atoms with Crippen LogP contribution in [-0.4, -0.2) is 50.7 Å². The molecule has 0 unspecified atom stereocenters. The third-order valence-corrected chi connectivity index (χ3v) is 4.44. The van der Waals surface area contributed by atoms with Crippen molar-refractivity contribution in [1.82, 2.24) is 24.6 Å². The number of nitrogens with zero attached hydrogens (tertiary/aromatic N) is 5. The fourth-order valence-electron chi connectivity index (χ4n) is 2.83. The Kier molecular flexibility index (Phi) is 4.44. The summed E-state index contributed by atoms with van der Waals surface area (Å²) in [6.07, 6.45) is 4.12. The van der Waals surface area contributed by atoms with Gasteiger partial charge in [-0.2, -0.15) is 5.10 Å². The molecular weight excluding hydrogens is 346 g/mol. The van der Waals surface area contributed by atoms with Gasteiger partial charge in [0.25, 0.3) is 5.91 Å². The van der Waals surface area contributed by atoms with E-state index in [0.29, 0.717) is 11.3 Å². The van der Waals surface area contributed by atoms with E-state index in [1.54, 1.807) is 4.52 Å². The van der Waals surface area contributed by atoms with Crippen LogP contribution in [0.15, 0.2) is 16.7 Å². The Labute approximate surface area is 138 Å². The van der Waals surface area contributed by atoms with Crippen molar-refractivity contribution < 1.29 is 4.79 Å². The molecule has 6 nitrogen and oxygen atoms in total. The molecule has 3 heterocycles. The monoisotopic (exact) mass is 365 g/mol. The lowest BCUT2D eigenvalue weighted by molar-refractivity contribution is 0.0113. The Morgan fingerprint density at radius 1 is 1.27 bits per heavy atom. The summed E-state index contributed by atoms with van der Waals surface area (Å²) in [5, 5.41) is 8.19. The van der Waals surface area contributed by atoms with E-state index in [2.05, 4.69) is 32.9 Å². The second kappa shape index (κ2) is 6.34. The number of amides is 1. The predicted octanol–water partition coefficient (Wildman–Crippen LogP) is 2.53. The van der Waals surface area contributed by atoms with Gasteiger partial charge in [-0.3, -0.25) is 9.80 Å². The second-order valence-corrected chi connectivity index (χ2v) is 6.41. The van der Waals surface area contributed by atoms with Gasteiger partial charge in [-0.15, -0.1) is 0 Å². The molecule has 0 aliphatic carbocycles. The van der Waals surface area contributed by atoms with E-state index in [4.69, 9.17) is 0 Å². The van der Waals surface area contributed by atoms with Crippen molar-refractivity contribution in [3.8, 4) is 0 Å². The molecule has 0 aromatic carbocycles. The number of aryl methyl sites for hydroxylation is 1. The average molecular weight is 366 g/mol. The van der Waals surface area contributed by atoms with E-state index in [0.717, 1.165) is 49.1 Å². The Hall–Kier alpha value is -1.47. The van der Waals surface area contributed by atoms with Crippen molar-refractivity contribution in [1.29, 1.82) is 0 Å². The zero-order valence-electron chi connectivity index (χ0n) is 12.9. The largest absolute Gasteiger partial charge is 0.286 e. The summed E-state index contributed by atoms with van der Waals surface area (Å²) < 4.78 is 2.51. The highest BCUT2D eigenvalue weighted by atomic mass is 79.9. The number of fused-ring (bicyclic) bond motifs is 1. The zero-order valence-corrected chi connectivity index (χ0v) is 14.5. The van der Waals surface area contributed by atoms with Crippen molar-refractivity contribution in [2.24, 2.45) is 0 Å². The minimum absolute atomic E-state index is 0.0288. The summed E-state index contributed by atoms with van der Waals surface area (Å²) in [5.41, 5.74) is 2.18. The van der Waals surface area contributed by atoms with Crippen LogP contribution in [0.4, 0.5) is 0 Å². The summed E-state index contributed by atoms with van der Waals surface area (Å²) in [5.74, 6) is -0.0288. The first-order valence-electron chi connectivity index (χ1n) is 7.68. The molecule has 22 heavy (non-hydrogen) atoms. The van der Waals surface area contributed by atoms with Crippen LogP contribution in [0.3, 0.4) is 0 Å². The first-order chi connectivity index (χ1) is 10.6. The van der Waals surface area contributed by atoms with Crippen molar-refractivity contribution in [2.75, 3.05) is 20.1 Å². The summed E-state index contributed by atoms with van der Waals surface area (Å²) in [6, 6.07) is 3.69. The summed E-state index contributed by atoms with van der Waals surface area (Å²) >= 11 is 3.37. The SMILES string of the molecule is CCc1cc(C(=O)N2CCCCCN2C)nc2cc(Br)nn12. The number of hydrogen-bond acceptors (Lipinski definition) is 4. The molecule has 1 amide bonds. The van der Waals surface area contributed by atoms with Gasteiger partial charge in [0.2, 0.25) is 0 Å². The second-order valence-electron chi connectivity index (χ2n) is 5.59. The van der Waals surface area contributed by atoms with Gasteiger partial charge < -0.3 is 0 Å². The van der Waals surface area contributed by atoms with E-state index in [9.17, 15) is 4.79 Å². The Morgan fingerprint density at radius 3 is 2.82 bits per heavy atom. The van der Waals surface area contributed by atoms with Crippen LogP contribution in [0, 0.1) is 0 Å². The normalized spacial score (nSPS) is 17.0. The summed E-state index contributed by atoms with van der Waals surface area (Å²) in [7, 11) is 1.97. The molecule has 2 aromatic heterocycles. The molecule has 0 radical (unpaired) electrons. The zero-order chi connectivity index (χ0) is 15.7. The van der Waals surface area contributed by atoms with Crippen molar-refractivity contribution in [3.05, 3.63) is 28.1 Å². The fourth-order valence-corrected chi connectivity index (χ4v) is 3.19. The molecule has 2 aromatic rings. The van der Waals surface area contributed by atoms with Gasteiger partial charge in [0.15, 0.2) is 5.65 Å². The lowest BCUT2D eigenvalue weighted by Crippen LogP contribution is -2.44. The van der Waals surface area contributed by atoms with E-state index >= 15 is 0 Å². The van der Waals surface area contributed by atoms with Crippen LogP contribution in [0.1, 0.15) is 42.4 Å². The molecule has 7 heteroatoms. The van der Waals surface area contributed by atoms with Gasteiger partial charge in [-0.1, -0.05) is 13.3 Å². The quantitative estimate of drug-likeness (QED) is 0.820. The molecule has 1 fully saturated rings. The van der Waals surface area contributed by atoms with Gasteiger partial charge in [0, 0.05) is 31.9 Å². The molecule has 1 saturated heterocycles. The maximum absolute atomic E-state index is 12.9. The number of hydrazine groups is 1. The van der Waals surface area contributed by atoms with E-state index < -0.39 is 0 Å². The third-order valence-electron chi connectivity index (χ3n) is 4.05. The van der Waals surface area contributed by atoms with Crippen LogP contribution >= 0.6 is 15.9 Å². The Bertz CT molecular complexity index is 699. The maximum atomic E-state index is 12.9. The average Bonchev–Trinajstić information content (AvgIpc) is 2.75. The fraction of sp³-hybridized carbons (Fsp3) is 0.533. The van der Waals surface area contributed by atoms with Crippen LogP contribution in [0.2, 0.25) is 0 Å². The number of carbonyl (C=O) groups excluding carboxylic acids is 1. The highest BCUT2D eigenvalue weighted by Gasteiger charge is 2.24. The summed E-state index contributed by atoms with van der Waals surface area (Å²) in [4.78, 5) is 17.4. The lowest BCUT2D eigenvalue weighted by atomic mass is 10.2. The molecule has 0 saturated carbocycles. The number of hydrogen-bond donors (Lipinski definition) is 0. The van der Waals surface area contributed by atoms with Gasteiger partial charge in [-0.25, -0.2) is 14.5 Å². The van der Waals surface area contributed by atoms with Gasteiger partial charge >= 0.3 is 0 Å². The van der Waals surface area contributed by atoms with Gasteiger partial charge in [0.05, 0.1) is 0 Å². The molecule has 1 aliphatic heterocycles. The first-order valence-corrected chi connectivity index (χ1v) is 8.47. The third kappa shape index (κ3) is 2.87. The minimum atomic E-state index is -0.0288. The Balaban J connectivity index is 1.99. The molecule has 1 aliphatic rings. The number of carbonyl (C=O) groups is 1.